The highest BCUT2D eigenvalue weighted by Gasteiger charge is 2.38. The normalized spacial score (nSPS) is 28.4. The van der Waals surface area contributed by atoms with Gasteiger partial charge in [-0.2, -0.15) is 4.98 Å². The van der Waals surface area contributed by atoms with Crippen molar-refractivity contribution in [3.8, 4) is 0 Å². The predicted molar refractivity (Wildman–Crippen MR) is 78.1 cm³/mol. The van der Waals surface area contributed by atoms with E-state index in [9.17, 15) is 4.79 Å². The van der Waals surface area contributed by atoms with Crippen LogP contribution in [0.15, 0.2) is 4.52 Å². The average molecular weight is 293 g/mol. The van der Waals surface area contributed by atoms with Gasteiger partial charge in [0.2, 0.25) is 5.89 Å². The number of nitrogens with one attached hydrogen (secondary N) is 2. The first-order valence-corrected chi connectivity index (χ1v) is 7.56. The fourth-order valence-corrected chi connectivity index (χ4v) is 3.15. The van der Waals surface area contributed by atoms with Crippen LogP contribution in [0.2, 0.25) is 0 Å². The van der Waals surface area contributed by atoms with Crippen LogP contribution in [0.3, 0.4) is 0 Å². The Morgan fingerprint density at radius 3 is 2.62 bits per heavy atom. The Morgan fingerprint density at radius 1 is 1.33 bits per heavy atom. The molecule has 2 N–H and O–H groups in total. The third kappa shape index (κ3) is 3.34. The molecule has 4 heterocycles. The molecule has 21 heavy (non-hydrogen) atoms. The lowest BCUT2D eigenvalue weighted by Crippen LogP contribution is -2.46. The van der Waals surface area contributed by atoms with Crippen LogP contribution in [0.1, 0.15) is 45.4 Å². The number of urea groups is 1. The molecule has 0 saturated carbocycles. The van der Waals surface area contributed by atoms with E-state index in [0.29, 0.717) is 17.7 Å². The molecule has 116 valence electrons. The van der Waals surface area contributed by atoms with Crippen molar-refractivity contribution in [3.63, 3.8) is 0 Å². The van der Waals surface area contributed by atoms with Crippen LogP contribution >= 0.6 is 0 Å². The van der Waals surface area contributed by atoms with Crippen LogP contribution in [0.25, 0.3) is 0 Å². The highest BCUT2D eigenvalue weighted by atomic mass is 16.5. The summed E-state index contributed by atoms with van der Waals surface area (Å²) in [7, 11) is 0. The van der Waals surface area contributed by atoms with E-state index in [0.717, 1.165) is 6.54 Å². The fraction of sp³-hybridized carbons (Fsp3) is 0.786. The lowest BCUT2D eigenvalue weighted by Gasteiger charge is -2.43. The molecule has 3 fully saturated rings. The van der Waals surface area contributed by atoms with Crippen molar-refractivity contribution in [1.29, 1.82) is 0 Å². The standard InChI is InChI=1S/C14H23N5O2/c1-14(2,3)17-13(20)16-12-15-11(21-18-12)10-8-19-6-4-9(10)5-7-19/h9-10H,4-8H2,1-3H3,(H2,16,17,18,20). The molecule has 1 aromatic rings. The number of hydrogen-bond donors (Lipinski definition) is 2. The lowest BCUT2D eigenvalue weighted by atomic mass is 9.79. The van der Waals surface area contributed by atoms with Crippen molar-refractivity contribution in [1.82, 2.24) is 20.4 Å². The molecule has 7 nitrogen and oxygen atoms in total. The number of piperidine rings is 3. The van der Waals surface area contributed by atoms with Crippen LogP contribution in [0.5, 0.6) is 0 Å². The third-order valence-electron chi connectivity index (χ3n) is 4.13. The first kappa shape index (κ1) is 14.3. The Hall–Kier alpha value is -1.63. The number of carbonyl (C=O) groups is 1. The molecular weight excluding hydrogens is 270 g/mol. The topological polar surface area (TPSA) is 83.3 Å². The number of anilines is 1. The summed E-state index contributed by atoms with van der Waals surface area (Å²) < 4.78 is 5.36. The summed E-state index contributed by atoms with van der Waals surface area (Å²) >= 11 is 0. The molecule has 3 saturated heterocycles. The molecule has 1 aromatic heterocycles. The molecule has 3 aliphatic rings. The van der Waals surface area contributed by atoms with E-state index in [4.69, 9.17) is 4.52 Å². The maximum atomic E-state index is 11.8. The molecular formula is C14H23N5O2. The molecule has 3 aliphatic heterocycles. The number of rotatable bonds is 2. The monoisotopic (exact) mass is 293 g/mol. The molecule has 0 radical (unpaired) electrons. The van der Waals surface area contributed by atoms with Gasteiger partial charge in [-0.15, -0.1) is 0 Å². The second kappa shape index (κ2) is 5.29. The van der Waals surface area contributed by atoms with Crippen LogP contribution in [0.4, 0.5) is 10.7 Å². The fourth-order valence-electron chi connectivity index (χ4n) is 3.15. The van der Waals surface area contributed by atoms with Gasteiger partial charge in [0, 0.05) is 12.1 Å². The van der Waals surface area contributed by atoms with Crippen LogP contribution in [-0.2, 0) is 0 Å². The van der Waals surface area contributed by atoms with Gasteiger partial charge in [-0.1, -0.05) is 0 Å². The number of aromatic nitrogens is 2. The van der Waals surface area contributed by atoms with Crippen molar-refractivity contribution in [2.45, 2.75) is 45.1 Å². The van der Waals surface area contributed by atoms with Gasteiger partial charge < -0.3 is 14.7 Å². The van der Waals surface area contributed by atoms with Crippen molar-refractivity contribution in [2.75, 3.05) is 25.0 Å². The summed E-state index contributed by atoms with van der Waals surface area (Å²) in [5, 5.41) is 9.29. The SMILES string of the molecule is CC(C)(C)NC(=O)Nc1noc(C2CN3CCC2CC3)n1. The van der Waals surface area contributed by atoms with Crippen molar-refractivity contribution in [3.05, 3.63) is 5.89 Å². The van der Waals surface area contributed by atoms with E-state index >= 15 is 0 Å². The predicted octanol–water partition coefficient (Wildman–Crippen LogP) is 1.80. The van der Waals surface area contributed by atoms with E-state index in [-0.39, 0.29) is 17.5 Å². The number of amides is 2. The molecule has 7 heteroatoms. The zero-order valence-corrected chi connectivity index (χ0v) is 12.8. The van der Waals surface area contributed by atoms with Gasteiger partial charge in [0.15, 0.2) is 0 Å². The maximum Gasteiger partial charge on any atom is 0.322 e. The summed E-state index contributed by atoms with van der Waals surface area (Å²) in [4.78, 5) is 18.6. The first-order chi connectivity index (χ1) is 9.90. The van der Waals surface area contributed by atoms with Crippen LogP contribution in [-0.4, -0.2) is 46.2 Å². The molecule has 1 unspecified atom stereocenters. The van der Waals surface area contributed by atoms with Crippen molar-refractivity contribution >= 4 is 12.0 Å². The van der Waals surface area contributed by atoms with Gasteiger partial charge in [-0.3, -0.25) is 5.32 Å². The Balaban J connectivity index is 1.63. The molecule has 0 spiro atoms. The second-order valence-corrected chi connectivity index (χ2v) is 7.03. The zero-order chi connectivity index (χ0) is 15.0. The van der Waals surface area contributed by atoms with E-state index < -0.39 is 0 Å². The van der Waals surface area contributed by atoms with Crippen LogP contribution < -0.4 is 10.6 Å². The number of carbonyl (C=O) groups excluding carboxylic acids is 1. The van der Waals surface area contributed by atoms with Crippen molar-refractivity contribution < 1.29 is 9.32 Å². The first-order valence-electron chi connectivity index (χ1n) is 7.56. The van der Waals surface area contributed by atoms with Gasteiger partial charge >= 0.3 is 6.03 Å². The largest absolute Gasteiger partial charge is 0.337 e. The van der Waals surface area contributed by atoms with E-state index in [1.54, 1.807) is 0 Å². The zero-order valence-electron chi connectivity index (χ0n) is 12.8. The minimum absolute atomic E-state index is 0.239. The average Bonchev–Trinajstić information content (AvgIpc) is 2.86. The van der Waals surface area contributed by atoms with E-state index in [2.05, 4.69) is 25.7 Å². The van der Waals surface area contributed by atoms with Gasteiger partial charge in [-0.25, -0.2) is 4.79 Å². The van der Waals surface area contributed by atoms with E-state index in [1.807, 2.05) is 20.8 Å². The molecule has 4 rings (SSSR count). The maximum absolute atomic E-state index is 11.8. The number of nitrogens with zero attached hydrogens (tertiary/aromatic N) is 3. The third-order valence-corrected chi connectivity index (χ3v) is 4.13. The second-order valence-electron chi connectivity index (χ2n) is 7.03. The molecule has 0 aliphatic carbocycles. The molecule has 1 atom stereocenters. The smallest absolute Gasteiger partial charge is 0.322 e. The minimum Gasteiger partial charge on any atom is -0.337 e. The number of hydrogen-bond acceptors (Lipinski definition) is 5. The summed E-state index contributed by atoms with van der Waals surface area (Å²) in [6.45, 7) is 9.09. The minimum atomic E-state index is -0.316. The quantitative estimate of drug-likeness (QED) is 0.868. The Morgan fingerprint density at radius 2 is 2.05 bits per heavy atom. The highest BCUT2D eigenvalue weighted by Crippen LogP contribution is 2.38. The van der Waals surface area contributed by atoms with Crippen LogP contribution in [0, 0.1) is 5.92 Å². The van der Waals surface area contributed by atoms with Crippen molar-refractivity contribution in [2.24, 2.45) is 5.92 Å². The Kier molecular flexibility index (Phi) is 3.61. The summed E-state index contributed by atoms with van der Waals surface area (Å²) in [5.74, 6) is 1.83. The molecule has 2 amide bonds. The Labute approximate surface area is 124 Å². The summed E-state index contributed by atoms with van der Waals surface area (Å²) in [5.41, 5.74) is -0.299. The van der Waals surface area contributed by atoms with Gasteiger partial charge in [0.25, 0.3) is 5.95 Å². The van der Waals surface area contributed by atoms with E-state index in [1.165, 1.54) is 25.9 Å². The summed E-state index contributed by atoms with van der Waals surface area (Å²) in [6, 6.07) is -0.316. The van der Waals surface area contributed by atoms with Gasteiger partial charge in [0.05, 0.1) is 5.92 Å². The van der Waals surface area contributed by atoms with Gasteiger partial charge in [0.1, 0.15) is 0 Å². The molecule has 2 bridgehead atoms. The summed E-state index contributed by atoms with van der Waals surface area (Å²) in [6.07, 6.45) is 2.39. The molecule has 0 aromatic carbocycles. The Bertz CT molecular complexity index is 514. The number of fused-ring (bicyclic) bond motifs is 3. The van der Waals surface area contributed by atoms with Gasteiger partial charge in [-0.05, 0) is 57.8 Å². The highest BCUT2D eigenvalue weighted by molar-refractivity contribution is 5.87. The lowest BCUT2D eigenvalue weighted by molar-refractivity contribution is 0.0727.